The molecule has 2 rings (SSSR count). The minimum Gasteiger partial charge on any atom is -0.311 e. The molecule has 98 valence electrons. The van der Waals surface area contributed by atoms with E-state index in [1.54, 1.807) is 0 Å². The summed E-state index contributed by atoms with van der Waals surface area (Å²) in [5, 5.41) is 3.51. The molecule has 0 saturated carbocycles. The van der Waals surface area contributed by atoms with Crippen molar-refractivity contribution in [3.8, 4) is 0 Å². The molecule has 0 aliphatic rings. The van der Waals surface area contributed by atoms with Crippen LogP contribution in [-0.2, 0) is 6.54 Å². The van der Waals surface area contributed by atoms with Gasteiger partial charge in [-0.25, -0.2) is 4.98 Å². The Morgan fingerprint density at radius 2 is 2.22 bits per heavy atom. The van der Waals surface area contributed by atoms with E-state index in [9.17, 15) is 0 Å². The topological polar surface area (TPSA) is 29.3 Å². The number of aryl methyl sites for hydroxylation is 1. The van der Waals surface area contributed by atoms with Crippen LogP contribution >= 0.6 is 11.8 Å². The lowest BCUT2D eigenvalue weighted by Crippen LogP contribution is -2.16. The molecule has 0 radical (unpaired) electrons. The molecule has 0 amide bonds. The quantitative estimate of drug-likeness (QED) is 0.779. The van der Waals surface area contributed by atoms with Crippen LogP contribution in [0.3, 0.4) is 0 Å². The van der Waals surface area contributed by atoms with E-state index in [2.05, 4.69) is 46.2 Å². The molecular formula is C14H21N3S. The zero-order valence-electron chi connectivity index (χ0n) is 11.1. The summed E-state index contributed by atoms with van der Waals surface area (Å²) in [7, 11) is 0. The number of thioether (sulfide) groups is 1. The molecule has 0 bridgehead atoms. The number of rotatable bonds is 7. The van der Waals surface area contributed by atoms with E-state index in [4.69, 9.17) is 0 Å². The van der Waals surface area contributed by atoms with Gasteiger partial charge in [0.15, 0.2) is 0 Å². The molecule has 2 aromatic heterocycles. The highest BCUT2D eigenvalue weighted by Crippen LogP contribution is 2.11. The third kappa shape index (κ3) is 3.27. The maximum atomic E-state index is 4.56. The highest BCUT2D eigenvalue weighted by molar-refractivity contribution is 7.98. The van der Waals surface area contributed by atoms with Crippen LogP contribution in [0.5, 0.6) is 0 Å². The Balaban J connectivity index is 1.89. The van der Waals surface area contributed by atoms with Crippen molar-refractivity contribution in [3.05, 3.63) is 35.8 Å². The second kappa shape index (κ2) is 6.81. The van der Waals surface area contributed by atoms with Crippen LogP contribution < -0.4 is 5.32 Å². The fourth-order valence-corrected chi connectivity index (χ4v) is 2.57. The molecule has 3 nitrogen and oxygen atoms in total. The average Bonchev–Trinajstić information content (AvgIpc) is 2.70. The molecule has 0 aliphatic heterocycles. The highest BCUT2D eigenvalue weighted by atomic mass is 32.2. The molecule has 0 atom stereocenters. The van der Waals surface area contributed by atoms with Crippen LogP contribution in [-0.4, -0.2) is 27.9 Å². The molecule has 2 aromatic rings. The van der Waals surface area contributed by atoms with Crippen LogP contribution in [0, 0.1) is 6.92 Å². The fraction of sp³-hybridized carbons (Fsp3) is 0.500. The maximum Gasteiger partial charge on any atom is 0.137 e. The van der Waals surface area contributed by atoms with Gasteiger partial charge in [0.05, 0.1) is 11.4 Å². The Kier molecular flexibility index (Phi) is 5.08. The molecule has 4 heteroatoms. The van der Waals surface area contributed by atoms with Gasteiger partial charge in [-0.05, 0) is 50.5 Å². The normalized spacial score (nSPS) is 11.2. The van der Waals surface area contributed by atoms with Gasteiger partial charge >= 0.3 is 0 Å². The number of aromatic nitrogens is 2. The first-order valence-corrected chi connectivity index (χ1v) is 7.84. The Hall–Kier alpha value is -1.00. The maximum absolute atomic E-state index is 4.56. The molecule has 2 heterocycles. The predicted octanol–water partition coefficient (Wildman–Crippen LogP) is 2.88. The van der Waals surface area contributed by atoms with E-state index in [1.165, 1.54) is 24.3 Å². The van der Waals surface area contributed by atoms with Crippen molar-refractivity contribution in [3.63, 3.8) is 0 Å². The van der Waals surface area contributed by atoms with Gasteiger partial charge in [-0.2, -0.15) is 11.8 Å². The van der Waals surface area contributed by atoms with E-state index in [0.29, 0.717) is 0 Å². The lowest BCUT2D eigenvalue weighted by Gasteiger charge is -2.05. The zero-order valence-corrected chi connectivity index (χ0v) is 12.0. The van der Waals surface area contributed by atoms with Crippen molar-refractivity contribution < 1.29 is 0 Å². The summed E-state index contributed by atoms with van der Waals surface area (Å²) in [5.41, 5.74) is 3.43. The minimum absolute atomic E-state index is 0.899. The number of hydrogen-bond acceptors (Lipinski definition) is 3. The van der Waals surface area contributed by atoms with E-state index in [0.717, 1.165) is 24.4 Å². The largest absolute Gasteiger partial charge is 0.311 e. The fourth-order valence-electron chi connectivity index (χ4n) is 2.08. The summed E-state index contributed by atoms with van der Waals surface area (Å²) < 4.78 is 2.17. The zero-order chi connectivity index (χ0) is 12.8. The molecule has 0 aliphatic carbocycles. The summed E-state index contributed by atoms with van der Waals surface area (Å²) >= 11 is 1.92. The molecule has 0 aromatic carbocycles. The van der Waals surface area contributed by atoms with Crippen molar-refractivity contribution in [2.75, 3.05) is 18.6 Å². The van der Waals surface area contributed by atoms with Gasteiger partial charge in [-0.1, -0.05) is 6.07 Å². The van der Waals surface area contributed by atoms with Crippen molar-refractivity contribution in [2.45, 2.75) is 26.3 Å². The van der Waals surface area contributed by atoms with Crippen molar-refractivity contribution in [2.24, 2.45) is 0 Å². The number of unbranched alkanes of at least 4 members (excludes halogenated alkanes) is 1. The van der Waals surface area contributed by atoms with Gasteiger partial charge in [0, 0.05) is 12.7 Å². The number of fused-ring (bicyclic) bond motifs is 1. The van der Waals surface area contributed by atoms with Gasteiger partial charge in [0.1, 0.15) is 5.65 Å². The van der Waals surface area contributed by atoms with Gasteiger partial charge in [0.25, 0.3) is 0 Å². The van der Waals surface area contributed by atoms with Crippen LogP contribution in [0.25, 0.3) is 5.65 Å². The Labute approximate surface area is 113 Å². The van der Waals surface area contributed by atoms with Gasteiger partial charge in [-0.3, -0.25) is 0 Å². The van der Waals surface area contributed by atoms with Crippen molar-refractivity contribution in [1.29, 1.82) is 0 Å². The molecule has 18 heavy (non-hydrogen) atoms. The van der Waals surface area contributed by atoms with Crippen LogP contribution in [0.1, 0.15) is 24.2 Å². The van der Waals surface area contributed by atoms with Crippen LogP contribution in [0.15, 0.2) is 24.4 Å². The molecule has 1 N–H and O–H groups in total. The first-order valence-electron chi connectivity index (χ1n) is 6.45. The monoisotopic (exact) mass is 263 g/mol. The van der Waals surface area contributed by atoms with E-state index in [-0.39, 0.29) is 0 Å². The Bertz CT molecular complexity index is 493. The van der Waals surface area contributed by atoms with Crippen LogP contribution in [0.2, 0.25) is 0 Å². The summed E-state index contributed by atoms with van der Waals surface area (Å²) in [5.74, 6) is 1.26. The number of nitrogens with zero attached hydrogens (tertiary/aromatic N) is 2. The standard InChI is InChI=1S/C14H21N3S/c1-12-13(11-15-8-4-6-10-18-2)17-9-5-3-7-14(17)16-12/h3,5,7,9,15H,4,6,8,10-11H2,1-2H3. The number of hydrogen-bond donors (Lipinski definition) is 1. The summed E-state index contributed by atoms with van der Waals surface area (Å²) in [6, 6.07) is 6.13. The number of nitrogens with one attached hydrogen (secondary N) is 1. The van der Waals surface area contributed by atoms with Crippen LogP contribution in [0.4, 0.5) is 0 Å². The third-order valence-corrected chi connectivity index (χ3v) is 3.77. The van der Waals surface area contributed by atoms with E-state index < -0.39 is 0 Å². The van der Waals surface area contributed by atoms with Crippen molar-refractivity contribution in [1.82, 2.24) is 14.7 Å². The lowest BCUT2D eigenvalue weighted by molar-refractivity contribution is 0.631. The third-order valence-electron chi connectivity index (χ3n) is 3.07. The molecule has 0 spiro atoms. The first-order chi connectivity index (χ1) is 8.83. The molecule has 0 unspecified atom stereocenters. The summed E-state index contributed by atoms with van der Waals surface area (Å²) in [4.78, 5) is 4.56. The Morgan fingerprint density at radius 1 is 1.33 bits per heavy atom. The molecule has 0 fully saturated rings. The summed E-state index contributed by atoms with van der Waals surface area (Å²) in [6.07, 6.45) is 6.78. The average molecular weight is 263 g/mol. The van der Waals surface area contributed by atoms with E-state index in [1.807, 2.05) is 17.8 Å². The lowest BCUT2D eigenvalue weighted by atomic mass is 10.3. The smallest absolute Gasteiger partial charge is 0.137 e. The van der Waals surface area contributed by atoms with Gasteiger partial charge in [-0.15, -0.1) is 0 Å². The first kappa shape index (κ1) is 13.4. The molecule has 0 saturated heterocycles. The highest BCUT2D eigenvalue weighted by Gasteiger charge is 2.06. The Morgan fingerprint density at radius 3 is 3.06 bits per heavy atom. The minimum atomic E-state index is 0.899. The molecular weight excluding hydrogens is 242 g/mol. The predicted molar refractivity (Wildman–Crippen MR) is 79.3 cm³/mol. The number of pyridine rings is 1. The second-order valence-corrected chi connectivity index (χ2v) is 5.44. The van der Waals surface area contributed by atoms with Gasteiger partial charge in [0.2, 0.25) is 0 Å². The summed E-state index contributed by atoms with van der Waals surface area (Å²) in [6.45, 7) is 4.06. The SMILES string of the molecule is CSCCCCNCc1c(C)nc2ccccn12. The van der Waals surface area contributed by atoms with Gasteiger partial charge < -0.3 is 9.72 Å². The van der Waals surface area contributed by atoms with Crippen molar-refractivity contribution >= 4 is 17.4 Å². The van der Waals surface area contributed by atoms with E-state index >= 15 is 0 Å². The number of imidazole rings is 1. The second-order valence-electron chi connectivity index (χ2n) is 4.45.